The molecule has 2 atom stereocenters. The fourth-order valence-corrected chi connectivity index (χ4v) is 5.85. The predicted octanol–water partition coefficient (Wildman–Crippen LogP) is 2.53. The first kappa shape index (κ1) is 12.9. The molecule has 1 aromatic carbocycles. The van der Waals surface area contributed by atoms with E-state index in [4.69, 9.17) is 0 Å². The molecule has 0 amide bonds. The Morgan fingerprint density at radius 3 is 2.11 bits per heavy atom. The topological polar surface area (TPSA) is 51.2 Å². The van der Waals surface area contributed by atoms with Gasteiger partial charge in [0.1, 0.15) is 0 Å². The number of aryl methyl sites for hydroxylation is 1. The summed E-state index contributed by atoms with van der Waals surface area (Å²) >= 11 is 0. The summed E-state index contributed by atoms with van der Waals surface area (Å²) < 4.78 is 24.0. The first-order chi connectivity index (χ1) is 8.98. The summed E-state index contributed by atoms with van der Waals surface area (Å²) in [4.78, 5) is 12.4. The van der Waals surface area contributed by atoms with Crippen LogP contribution in [0, 0.1) is 12.8 Å². The van der Waals surface area contributed by atoms with Crippen molar-refractivity contribution in [2.75, 3.05) is 0 Å². The maximum absolute atomic E-state index is 12.4. The molecule has 102 valence electrons. The van der Waals surface area contributed by atoms with Crippen molar-refractivity contribution in [1.29, 1.82) is 0 Å². The van der Waals surface area contributed by atoms with Gasteiger partial charge in [0.15, 0.2) is 15.6 Å². The number of sulfone groups is 1. The largest absolute Gasteiger partial charge is 0.294 e. The molecule has 2 fully saturated rings. The summed E-state index contributed by atoms with van der Waals surface area (Å²) in [6, 6.07) is 7.56. The van der Waals surface area contributed by atoms with Gasteiger partial charge in [0.2, 0.25) is 0 Å². The van der Waals surface area contributed by atoms with Gasteiger partial charge in [-0.15, -0.1) is 0 Å². The van der Waals surface area contributed by atoms with Gasteiger partial charge in [-0.2, -0.15) is 0 Å². The van der Waals surface area contributed by atoms with Crippen LogP contribution >= 0.6 is 0 Å². The van der Waals surface area contributed by atoms with Gasteiger partial charge in [-0.1, -0.05) is 29.8 Å². The van der Waals surface area contributed by atoms with Crippen LogP contribution in [0.4, 0.5) is 0 Å². The Bertz CT molecular complexity index is 581. The van der Waals surface area contributed by atoms with Crippen LogP contribution in [0.1, 0.15) is 41.6 Å². The van der Waals surface area contributed by atoms with E-state index in [1.807, 2.05) is 31.2 Å². The van der Waals surface area contributed by atoms with Crippen molar-refractivity contribution in [2.45, 2.75) is 43.1 Å². The second-order valence-corrected chi connectivity index (χ2v) is 8.32. The summed E-state index contributed by atoms with van der Waals surface area (Å²) in [5.41, 5.74) is 1.84. The number of Topliss-reactive ketones (excluding diaryl/α,β-unsaturated/α-hetero) is 1. The normalized spacial score (nSPS) is 32.2. The summed E-state index contributed by atoms with van der Waals surface area (Å²) in [7, 11) is -2.94. The average Bonchev–Trinajstić information content (AvgIpc) is 2.59. The summed E-state index contributed by atoms with van der Waals surface area (Å²) in [6.45, 7) is 1.99. The van der Waals surface area contributed by atoms with Crippen LogP contribution in [0.5, 0.6) is 0 Å². The number of rotatable bonds is 2. The molecule has 2 saturated heterocycles. The average molecular weight is 278 g/mol. The number of hydrogen-bond acceptors (Lipinski definition) is 3. The van der Waals surface area contributed by atoms with Crippen molar-refractivity contribution in [1.82, 2.24) is 0 Å². The van der Waals surface area contributed by atoms with E-state index < -0.39 is 9.84 Å². The third-order valence-corrected chi connectivity index (χ3v) is 7.26. The molecule has 2 bridgehead atoms. The molecule has 0 saturated carbocycles. The van der Waals surface area contributed by atoms with Gasteiger partial charge in [-0.05, 0) is 32.6 Å². The quantitative estimate of drug-likeness (QED) is 0.781. The number of carbonyl (C=O) groups excluding carboxylic acids is 1. The number of ketones is 1. The molecule has 0 spiro atoms. The van der Waals surface area contributed by atoms with E-state index in [2.05, 4.69) is 0 Å². The molecule has 0 aliphatic carbocycles. The molecule has 2 unspecified atom stereocenters. The zero-order chi connectivity index (χ0) is 13.6. The maximum Gasteiger partial charge on any atom is 0.166 e. The molecular weight excluding hydrogens is 260 g/mol. The molecule has 2 heterocycles. The molecule has 4 heteroatoms. The maximum atomic E-state index is 12.4. The Labute approximate surface area is 113 Å². The third kappa shape index (κ3) is 2.12. The highest BCUT2D eigenvalue weighted by Gasteiger charge is 2.48. The van der Waals surface area contributed by atoms with Gasteiger partial charge in [0.05, 0.1) is 10.5 Å². The van der Waals surface area contributed by atoms with E-state index >= 15 is 0 Å². The summed E-state index contributed by atoms with van der Waals surface area (Å²) in [5, 5.41) is -0.545. The summed E-state index contributed by atoms with van der Waals surface area (Å²) in [6.07, 6.45) is 2.52. The van der Waals surface area contributed by atoms with Gasteiger partial charge in [-0.25, -0.2) is 8.42 Å². The van der Waals surface area contributed by atoms with Crippen LogP contribution in [0.25, 0.3) is 0 Å². The van der Waals surface area contributed by atoms with E-state index in [0.29, 0.717) is 18.4 Å². The Hall–Kier alpha value is -1.16. The Balaban J connectivity index is 1.82. The standard InChI is InChI=1S/C15H18O3S/c1-10-2-4-11(5-3-10)15(16)12-8-13-6-7-14(9-12)19(13,17)18/h2-5,12-14H,6-9H2,1H3. The fourth-order valence-electron chi connectivity index (χ4n) is 3.37. The highest BCUT2D eigenvalue weighted by Crippen LogP contribution is 2.42. The minimum absolute atomic E-state index is 0.108. The van der Waals surface area contributed by atoms with Gasteiger partial charge in [-0.3, -0.25) is 4.79 Å². The van der Waals surface area contributed by atoms with Crippen molar-refractivity contribution in [3.8, 4) is 0 Å². The number of benzene rings is 1. The molecule has 1 aromatic rings. The van der Waals surface area contributed by atoms with Gasteiger partial charge in [0.25, 0.3) is 0 Å². The molecule has 0 radical (unpaired) electrons. The molecule has 19 heavy (non-hydrogen) atoms. The van der Waals surface area contributed by atoms with E-state index in [9.17, 15) is 13.2 Å². The Morgan fingerprint density at radius 1 is 1.05 bits per heavy atom. The van der Waals surface area contributed by atoms with Crippen LogP contribution in [0.2, 0.25) is 0 Å². The highest BCUT2D eigenvalue weighted by molar-refractivity contribution is 7.93. The van der Waals surface area contributed by atoms with E-state index in [1.165, 1.54) is 0 Å². The molecule has 0 aromatic heterocycles. The fraction of sp³-hybridized carbons (Fsp3) is 0.533. The second kappa shape index (κ2) is 4.44. The van der Waals surface area contributed by atoms with Crippen LogP contribution in [-0.2, 0) is 9.84 Å². The number of hydrogen-bond donors (Lipinski definition) is 0. The Morgan fingerprint density at radius 2 is 1.58 bits per heavy atom. The third-order valence-electron chi connectivity index (χ3n) is 4.54. The van der Waals surface area contributed by atoms with Gasteiger partial charge >= 0.3 is 0 Å². The molecular formula is C15H18O3S. The molecule has 2 aliphatic heterocycles. The lowest BCUT2D eigenvalue weighted by Crippen LogP contribution is -2.36. The van der Waals surface area contributed by atoms with E-state index in [0.717, 1.165) is 18.4 Å². The predicted molar refractivity (Wildman–Crippen MR) is 74.0 cm³/mol. The van der Waals surface area contributed by atoms with Crippen molar-refractivity contribution in [3.05, 3.63) is 35.4 Å². The van der Waals surface area contributed by atoms with Gasteiger partial charge in [0, 0.05) is 11.5 Å². The highest BCUT2D eigenvalue weighted by atomic mass is 32.2. The van der Waals surface area contributed by atoms with Crippen LogP contribution in [0.15, 0.2) is 24.3 Å². The molecule has 3 nitrogen and oxygen atoms in total. The van der Waals surface area contributed by atoms with Gasteiger partial charge < -0.3 is 0 Å². The monoisotopic (exact) mass is 278 g/mol. The smallest absolute Gasteiger partial charge is 0.166 e. The first-order valence-electron chi connectivity index (χ1n) is 6.82. The lowest BCUT2D eigenvalue weighted by molar-refractivity contribution is 0.0905. The van der Waals surface area contributed by atoms with Crippen LogP contribution in [0.3, 0.4) is 0 Å². The first-order valence-corrected chi connectivity index (χ1v) is 8.43. The number of fused-ring (bicyclic) bond motifs is 2. The van der Waals surface area contributed by atoms with Crippen LogP contribution < -0.4 is 0 Å². The minimum atomic E-state index is -2.94. The van der Waals surface area contributed by atoms with E-state index in [1.54, 1.807) is 0 Å². The lowest BCUT2D eigenvalue weighted by atomic mass is 9.90. The van der Waals surface area contributed by atoms with Crippen molar-refractivity contribution < 1.29 is 13.2 Å². The Kier molecular flexibility index (Phi) is 3.01. The summed E-state index contributed by atoms with van der Waals surface area (Å²) in [5.74, 6) is 0.00975. The van der Waals surface area contributed by atoms with Crippen LogP contribution in [-0.4, -0.2) is 24.7 Å². The zero-order valence-electron chi connectivity index (χ0n) is 11.0. The lowest BCUT2D eigenvalue weighted by Gasteiger charge is -2.26. The number of carbonyl (C=O) groups is 1. The second-order valence-electron chi connectivity index (χ2n) is 5.81. The minimum Gasteiger partial charge on any atom is -0.294 e. The molecule has 3 rings (SSSR count). The SMILES string of the molecule is Cc1ccc(C(=O)C2CC3CCC(C2)S3(=O)=O)cc1. The molecule has 0 N–H and O–H groups in total. The van der Waals surface area contributed by atoms with Crippen molar-refractivity contribution in [3.63, 3.8) is 0 Å². The molecule has 2 aliphatic rings. The zero-order valence-corrected chi connectivity index (χ0v) is 11.8. The van der Waals surface area contributed by atoms with Crippen molar-refractivity contribution >= 4 is 15.6 Å². The van der Waals surface area contributed by atoms with Crippen molar-refractivity contribution in [2.24, 2.45) is 5.92 Å². The van der Waals surface area contributed by atoms with E-state index in [-0.39, 0.29) is 22.2 Å².